The summed E-state index contributed by atoms with van der Waals surface area (Å²) >= 11 is 5.83. The van der Waals surface area contributed by atoms with E-state index >= 15 is 0 Å². The summed E-state index contributed by atoms with van der Waals surface area (Å²) in [5.41, 5.74) is 1.42. The van der Waals surface area contributed by atoms with E-state index in [1.54, 1.807) is 24.3 Å². The summed E-state index contributed by atoms with van der Waals surface area (Å²) in [6.45, 7) is 0.191. The van der Waals surface area contributed by atoms with Crippen molar-refractivity contribution in [2.24, 2.45) is 0 Å². The maximum atomic E-state index is 12.5. The number of hydrogen-bond donors (Lipinski definition) is 1. The number of likely N-dealkylation sites (tertiary alicyclic amines) is 1. The lowest BCUT2D eigenvalue weighted by molar-refractivity contribution is -0.255. The van der Waals surface area contributed by atoms with Gasteiger partial charge in [0.05, 0.1) is 18.9 Å². The number of hydrogen-bond acceptors (Lipinski definition) is 5. The molecule has 0 radical (unpaired) electrons. The lowest BCUT2D eigenvalue weighted by Gasteiger charge is -2.16. The van der Waals surface area contributed by atoms with E-state index in [4.69, 9.17) is 11.6 Å². The lowest BCUT2D eigenvalue weighted by atomic mass is 10.2. The molecule has 2 aromatic carbocycles. The van der Waals surface area contributed by atoms with Crippen molar-refractivity contribution < 1.29 is 19.5 Å². The minimum atomic E-state index is -1.27. The molecule has 0 aliphatic carbocycles. The van der Waals surface area contributed by atoms with Gasteiger partial charge in [-0.2, -0.15) is 0 Å². The second-order valence-corrected chi connectivity index (χ2v) is 6.15. The predicted octanol–water partition coefficient (Wildman–Crippen LogP) is 1.44. The van der Waals surface area contributed by atoms with Crippen LogP contribution in [0, 0.1) is 0 Å². The fraction of sp³-hybridized carbons (Fsp3) is 0.167. The van der Waals surface area contributed by atoms with Crippen molar-refractivity contribution in [2.45, 2.75) is 19.0 Å². The van der Waals surface area contributed by atoms with Gasteiger partial charge in [-0.1, -0.05) is 35.9 Å². The number of imide groups is 1. The number of carbonyl (C=O) groups excluding carboxylic acids is 3. The molecule has 1 fully saturated rings. The predicted molar refractivity (Wildman–Crippen MR) is 89.8 cm³/mol. The molecule has 0 unspecified atom stereocenters. The van der Waals surface area contributed by atoms with Crippen LogP contribution in [-0.4, -0.2) is 28.7 Å². The number of aromatic carboxylic acids is 1. The quantitative estimate of drug-likeness (QED) is 0.818. The minimum Gasteiger partial charge on any atom is -0.545 e. The van der Waals surface area contributed by atoms with Gasteiger partial charge >= 0.3 is 0 Å². The molecule has 7 heteroatoms. The number of carboxylic acid groups (broad SMARTS) is 1. The topological polar surface area (TPSA) is 89.5 Å². The lowest BCUT2D eigenvalue weighted by Crippen LogP contribution is -2.34. The van der Waals surface area contributed by atoms with Crippen LogP contribution < -0.4 is 10.4 Å². The van der Waals surface area contributed by atoms with Crippen molar-refractivity contribution in [2.75, 3.05) is 5.32 Å². The third-order valence-electron chi connectivity index (χ3n) is 3.96. The van der Waals surface area contributed by atoms with Gasteiger partial charge in [-0.15, -0.1) is 0 Å². The van der Waals surface area contributed by atoms with Crippen molar-refractivity contribution in [3.05, 3.63) is 64.7 Å². The Morgan fingerprint density at radius 2 is 1.76 bits per heavy atom. The number of nitrogens with one attached hydrogen (secondary N) is 1. The molecule has 0 aromatic heterocycles. The van der Waals surface area contributed by atoms with Gasteiger partial charge in [0.2, 0.25) is 5.91 Å². The third kappa shape index (κ3) is 3.80. The maximum Gasteiger partial charge on any atom is 0.252 e. The first-order valence-corrected chi connectivity index (χ1v) is 7.98. The summed E-state index contributed by atoms with van der Waals surface area (Å²) in [6, 6.07) is 12.1. The molecule has 2 aromatic rings. The summed E-state index contributed by atoms with van der Waals surface area (Å²) in [5, 5.41) is 14.3. The van der Waals surface area contributed by atoms with Gasteiger partial charge in [0.15, 0.2) is 0 Å². The molecule has 1 N–H and O–H groups in total. The summed E-state index contributed by atoms with van der Waals surface area (Å²) in [5.74, 6) is -1.85. The van der Waals surface area contributed by atoms with Crippen molar-refractivity contribution in [3.8, 4) is 0 Å². The number of nitrogens with zero attached hydrogens (tertiary/aromatic N) is 1. The third-order valence-corrected chi connectivity index (χ3v) is 4.21. The van der Waals surface area contributed by atoms with Gasteiger partial charge in [0.1, 0.15) is 6.04 Å². The molecule has 1 aliphatic rings. The molecule has 1 heterocycles. The van der Waals surface area contributed by atoms with Crippen molar-refractivity contribution in [1.82, 2.24) is 4.90 Å². The molecule has 1 aliphatic heterocycles. The largest absolute Gasteiger partial charge is 0.545 e. The molecule has 25 heavy (non-hydrogen) atoms. The number of amides is 2. The Morgan fingerprint density at radius 3 is 2.36 bits per heavy atom. The van der Waals surface area contributed by atoms with Crippen molar-refractivity contribution >= 4 is 35.1 Å². The summed E-state index contributed by atoms with van der Waals surface area (Å²) in [4.78, 5) is 36.6. The number of anilines is 1. The Kier molecular flexibility index (Phi) is 4.72. The highest BCUT2D eigenvalue weighted by atomic mass is 35.5. The molecule has 1 saturated heterocycles. The second-order valence-electron chi connectivity index (χ2n) is 5.71. The zero-order chi connectivity index (χ0) is 18.0. The highest BCUT2D eigenvalue weighted by Gasteiger charge is 2.38. The Hall–Kier alpha value is -2.86. The van der Waals surface area contributed by atoms with Gasteiger partial charge in [-0.3, -0.25) is 14.5 Å². The molecule has 0 spiro atoms. The van der Waals surface area contributed by atoms with Crippen LogP contribution in [0.25, 0.3) is 0 Å². The van der Waals surface area contributed by atoms with Crippen LogP contribution in [0.1, 0.15) is 22.3 Å². The first-order chi connectivity index (χ1) is 11.9. The van der Waals surface area contributed by atoms with Crippen molar-refractivity contribution in [1.29, 1.82) is 0 Å². The molecule has 0 bridgehead atoms. The van der Waals surface area contributed by atoms with Gasteiger partial charge in [-0.05, 0) is 35.4 Å². The Morgan fingerprint density at radius 1 is 1.12 bits per heavy atom. The van der Waals surface area contributed by atoms with Crippen LogP contribution in [0.4, 0.5) is 5.69 Å². The molecular weight excluding hydrogens is 344 g/mol. The van der Waals surface area contributed by atoms with E-state index in [2.05, 4.69) is 5.32 Å². The normalized spacial score (nSPS) is 17.0. The fourth-order valence-electron chi connectivity index (χ4n) is 2.64. The second kappa shape index (κ2) is 6.94. The Balaban J connectivity index is 1.68. The smallest absolute Gasteiger partial charge is 0.252 e. The number of rotatable bonds is 5. The van der Waals surface area contributed by atoms with E-state index in [1.807, 2.05) is 0 Å². The average molecular weight is 358 g/mol. The van der Waals surface area contributed by atoms with E-state index in [1.165, 1.54) is 29.2 Å². The number of carbonyl (C=O) groups is 3. The highest BCUT2D eigenvalue weighted by Crippen LogP contribution is 2.21. The SMILES string of the molecule is O=C([O-])c1ccc(N[C@@H]2CC(=O)N(Cc3ccc(Cl)cc3)C2=O)cc1. The van der Waals surface area contributed by atoms with Crippen LogP contribution in [0.2, 0.25) is 5.02 Å². The van der Waals surface area contributed by atoms with Crippen LogP contribution in [0.15, 0.2) is 48.5 Å². The highest BCUT2D eigenvalue weighted by molar-refractivity contribution is 6.30. The zero-order valence-corrected chi connectivity index (χ0v) is 13.8. The van der Waals surface area contributed by atoms with E-state index < -0.39 is 12.0 Å². The Bertz CT molecular complexity index is 818. The molecule has 128 valence electrons. The zero-order valence-electron chi connectivity index (χ0n) is 13.1. The maximum absolute atomic E-state index is 12.5. The molecule has 0 saturated carbocycles. The number of halogens is 1. The summed E-state index contributed by atoms with van der Waals surface area (Å²) in [6.07, 6.45) is 0.0503. The van der Waals surface area contributed by atoms with E-state index in [-0.39, 0.29) is 30.3 Å². The van der Waals surface area contributed by atoms with Crippen LogP contribution in [-0.2, 0) is 16.1 Å². The van der Waals surface area contributed by atoms with Crippen LogP contribution in [0.5, 0.6) is 0 Å². The fourth-order valence-corrected chi connectivity index (χ4v) is 2.76. The van der Waals surface area contributed by atoms with E-state index in [0.717, 1.165) is 5.56 Å². The van der Waals surface area contributed by atoms with Gasteiger partial charge in [-0.25, -0.2) is 0 Å². The standard InChI is InChI=1S/C18H15ClN2O4/c19-13-5-1-11(2-6-13)10-21-16(22)9-15(17(21)23)20-14-7-3-12(4-8-14)18(24)25/h1-8,15,20H,9-10H2,(H,24,25)/p-1/t15-/m1/s1. The Labute approximate surface area is 149 Å². The molecular formula is C18H14ClN2O4-. The molecule has 6 nitrogen and oxygen atoms in total. The summed E-state index contributed by atoms with van der Waals surface area (Å²) in [7, 11) is 0. The first kappa shape index (κ1) is 17.0. The summed E-state index contributed by atoms with van der Waals surface area (Å²) < 4.78 is 0. The first-order valence-electron chi connectivity index (χ1n) is 7.60. The minimum absolute atomic E-state index is 0.0451. The van der Waals surface area contributed by atoms with Gasteiger partial charge in [0, 0.05) is 10.7 Å². The number of benzene rings is 2. The molecule has 2 amide bonds. The monoisotopic (exact) mass is 357 g/mol. The van der Waals surface area contributed by atoms with E-state index in [9.17, 15) is 19.5 Å². The number of carboxylic acids is 1. The van der Waals surface area contributed by atoms with Crippen LogP contribution >= 0.6 is 11.6 Å². The average Bonchev–Trinajstić information content (AvgIpc) is 2.85. The van der Waals surface area contributed by atoms with Gasteiger partial charge < -0.3 is 15.2 Å². The van der Waals surface area contributed by atoms with Crippen molar-refractivity contribution in [3.63, 3.8) is 0 Å². The van der Waals surface area contributed by atoms with Crippen LogP contribution in [0.3, 0.4) is 0 Å². The van der Waals surface area contributed by atoms with Gasteiger partial charge in [0.25, 0.3) is 5.91 Å². The molecule has 1 atom stereocenters. The molecule has 3 rings (SSSR count). The van der Waals surface area contributed by atoms with E-state index in [0.29, 0.717) is 10.7 Å².